The summed E-state index contributed by atoms with van der Waals surface area (Å²) in [5.41, 5.74) is 0. The van der Waals surface area contributed by atoms with Crippen molar-refractivity contribution in [3.63, 3.8) is 0 Å². The van der Waals surface area contributed by atoms with Gasteiger partial charge >= 0.3 is 0 Å². The fourth-order valence-corrected chi connectivity index (χ4v) is 2.59. The molecule has 1 saturated carbocycles. The summed E-state index contributed by atoms with van der Waals surface area (Å²) in [7, 11) is 0. The molecule has 0 aromatic heterocycles. The highest BCUT2D eigenvalue weighted by molar-refractivity contribution is 4.98. The Hall–Kier alpha value is -0.0800. The summed E-state index contributed by atoms with van der Waals surface area (Å²) >= 11 is 0. The molecule has 3 atom stereocenters. The van der Waals surface area contributed by atoms with Gasteiger partial charge in [-0.15, -0.1) is 0 Å². The molecular formula is C9H17NO. The molecule has 1 aliphatic heterocycles. The molecule has 2 fully saturated rings. The quantitative estimate of drug-likeness (QED) is 0.607. The number of hydrogen-bond acceptors (Lipinski definition) is 2. The van der Waals surface area contributed by atoms with Crippen LogP contribution in [-0.4, -0.2) is 34.7 Å². The van der Waals surface area contributed by atoms with Gasteiger partial charge in [0.15, 0.2) is 0 Å². The van der Waals surface area contributed by atoms with Gasteiger partial charge in [-0.1, -0.05) is 0 Å². The summed E-state index contributed by atoms with van der Waals surface area (Å²) in [5, 5.41) is 9.49. The Morgan fingerprint density at radius 3 is 2.45 bits per heavy atom. The predicted octanol–water partition coefficient (Wildman–Crippen LogP) is 0.850. The number of aliphatic hydroxyl groups excluding tert-OH is 1. The van der Waals surface area contributed by atoms with Gasteiger partial charge in [0.1, 0.15) is 0 Å². The zero-order chi connectivity index (χ0) is 8.01. The van der Waals surface area contributed by atoms with Crippen molar-refractivity contribution in [3.8, 4) is 0 Å². The molecule has 1 heterocycles. The molecule has 2 aliphatic rings. The summed E-state index contributed by atoms with van der Waals surface area (Å²) in [6.45, 7) is 5.61. The maximum Gasteiger partial charge on any atom is 0.0596 e. The van der Waals surface area contributed by atoms with Crippen LogP contribution in [0.15, 0.2) is 0 Å². The summed E-state index contributed by atoms with van der Waals surface area (Å²) in [5.74, 6) is 0.586. The molecule has 0 radical (unpaired) electrons. The molecule has 11 heavy (non-hydrogen) atoms. The Morgan fingerprint density at radius 1 is 1.36 bits per heavy atom. The van der Waals surface area contributed by atoms with Crippen LogP contribution in [0.5, 0.6) is 0 Å². The molecule has 0 aromatic carbocycles. The van der Waals surface area contributed by atoms with Crippen LogP contribution in [0.25, 0.3) is 0 Å². The third-order valence-electron chi connectivity index (χ3n) is 3.21. The minimum absolute atomic E-state index is 0.00926. The minimum Gasteiger partial charge on any atom is -0.393 e. The Labute approximate surface area is 68.2 Å². The second-order valence-corrected chi connectivity index (χ2v) is 4.24. The number of hydrogen-bond donors (Lipinski definition) is 1. The molecule has 0 spiro atoms. The minimum atomic E-state index is 0.00926. The van der Waals surface area contributed by atoms with Crippen LogP contribution >= 0.6 is 0 Å². The molecular weight excluding hydrogens is 138 g/mol. The normalized spacial score (nSPS) is 44.2. The molecule has 2 bridgehead atoms. The Kier molecular flexibility index (Phi) is 1.69. The predicted molar refractivity (Wildman–Crippen MR) is 44.4 cm³/mol. The van der Waals surface area contributed by atoms with Gasteiger partial charge in [-0.05, 0) is 32.6 Å². The molecule has 64 valence electrons. The number of rotatable bonds is 1. The van der Waals surface area contributed by atoms with Gasteiger partial charge in [0.2, 0.25) is 0 Å². The average molecular weight is 155 g/mol. The first kappa shape index (κ1) is 7.56. The average Bonchev–Trinajstić information content (AvgIpc) is 2.43. The molecule has 0 aromatic rings. The van der Waals surface area contributed by atoms with Crippen molar-refractivity contribution in [1.82, 2.24) is 4.90 Å². The van der Waals surface area contributed by atoms with Crippen molar-refractivity contribution >= 4 is 0 Å². The lowest BCUT2D eigenvalue weighted by molar-refractivity contribution is 0.0612. The molecule has 1 unspecified atom stereocenters. The topological polar surface area (TPSA) is 23.5 Å². The summed E-state index contributed by atoms with van der Waals surface area (Å²) < 4.78 is 0. The van der Waals surface area contributed by atoms with Crippen molar-refractivity contribution in [2.45, 2.75) is 44.9 Å². The highest BCUT2D eigenvalue weighted by Crippen LogP contribution is 2.38. The highest BCUT2D eigenvalue weighted by atomic mass is 16.3. The fraction of sp³-hybridized carbons (Fsp3) is 1.00. The third kappa shape index (κ3) is 1.09. The van der Waals surface area contributed by atoms with Gasteiger partial charge in [0, 0.05) is 18.6 Å². The highest BCUT2D eigenvalue weighted by Gasteiger charge is 2.44. The lowest BCUT2D eigenvalue weighted by Gasteiger charge is -2.32. The lowest BCUT2D eigenvalue weighted by Crippen LogP contribution is -2.41. The first-order valence-corrected chi connectivity index (χ1v) is 4.62. The largest absolute Gasteiger partial charge is 0.393 e. The lowest BCUT2D eigenvalue weighted by atomic mass is 10.1. The van der Waals surface area contributed by atoms with E-state index in [4.69, 9.17) is 0 Å². The summed E-state index contributed by atoms with van der Waals surface area (Å²) in [6, 6.07) is 1.35. The number of nitrogens with zero attached hydrogens (tertiary/aromatic N) is 1. The maximum atomic E-state index is 9.49. The number of likely N-dealkylation sites (tertiary alicyclic amines) is 1. The van der Waals surface area contributed by atoms with Gasteiger partial charge < -0.3 is 5.11 Å². The zero-order valence-corrected chi connectivity index (χ0v) is 7.33. The van der Waals surface area contributed by atoms with Gasteiger partial charge in [-0.2, -0.15) is 0 Å². The summed E-state index contributed by atoms with van der Waals surface area (Å²) in [6.07, 6.45) is 2.26. The van der Waals surface area contributed by atoms with Crippen LogP contribution in [0.2, 0.25) is 0 Å². The SMILES string of the molecule is CC(C)N1C[C@H]2C[C@@H]1CC2O. The van der Waals surface area contributed by atoms with Crippen LogP contribution in [0.4, 0.5) is 0 Å². The van der Waals surface area contributed by atoms with Crippen molar-refractivity contribution < 1.29 is 5.11 Å². The van der Waals surface area contributed by atoms with Gasteiger partial charge in [0.25, 0.3) is 0 Å². The second kappa shape index (κ2) is 2.46. The van der Waals surface area contributed by atoms with Crippen molar-refractivity contribution in [2.75, 3.05) is 6.54 Å². The van der Waals surface area contributed by atoms with E-state index in [2.05, 4.69) is 18.7 Å². The molecule has 1 saturated heterocycles. The van der Waals surface area contributed by atoms with Gasteiger partial charge in [-0.3, -0.25) is 4.90 Å². The van der Waals surface area contributed by atoms with E-state index in [0.717, 1.165) is 13.0 Å². The van der Waals surface area contributed by atoms with E-state index < -0.39 is 0 Å². The first-order valence-electron chi connectivity index (χ1n) is 4.62. The van der Waals surface area contributed by atoms with E-state index in [1.165, 1.54) is 6.42 Å². The van der Waals surface area contributed by atoms with Crippen LogP contribution in [0, 0.1) is 5.92 Å². The van der Waals surface area contributed by atoms with E-state index in [9.17, 15) is 5.11 Å². The van der Waals surface area contributed by atoms with E-state index in [0.29, 0.717) is 18.0 Å². The smallest absolute Gasteiger partial charge is 0.0596 e. The number of fused-ring (bicyclic) bond motifs is 2. The van der Waals surface area contributed by atoms with Crippen molar-refractivity contribution in [3.05, 3.63) is 0 Å². The fourth-order valence-electron chi connectivity index (χ4n) is 2.59. The van der Waals surface area contributed by atoms with Crippen molar-refractivity contribution in [1.29, 1.82) is 0 Å². The van der Waals surface area contributed by atoms with Gasteiger partial charge in [-0.25, -0.2) is 0 Å². The molecule has 0 amide bonds. The number of piperidine rings is 1. The van der Waals surface area contributed by atoms with Crippen LogP contribution in [-0.2, 0) is 0 Å². The van der Waals surface area contributed by atoms with Crippen LogP contribution in [0.1, 0.15) is 26.7 Å². The summed E-state index contributed by atoms with van der Waals surface area (Å²) in [4.78, 5) is 2.53. The molecule has 2 rings (SSSR count). The first-order chi connectivity index (χ1) is 5.18. The Bertz CT molecular complexity index is 156. The maximum absolute atomic E-state index is 9.49. The van der Waals surface area contributed by atoms with Gasteiger partial charge in [0.05, 0.1) is 6.10 Å². The van der Waals surface area contributed by atoms with E-state index in [-0.39, 0.29) is 6.10 Å². The van der Waals surface area contributed by atoms with E-state index in [1.807, 2.05) is 0 Å². The third-order valence-corrected chi connectivity index (χ3v) is 3.21. The Balaban J connectivity index is 2.02. The van der Waals surface area contributed by atoms with Crippen LogP contribution in [0.3, 0.4) is 0 Å². The second-order valence-electron chi connectivity index (χ2n) is 4.24. The standard InChI is InChI=1S/C9H17NO/c1-6(2)10-5-7-3-8(10)4-9(7)11/h6-9,11H,3-5H2,1-2H3/t7-,8-,9?/m1/s1. The zero-order valence-electron chi connectivity index (χ0n) is 7.33. The Morgan fingerprint density at radius 2 is 2.09 bits per heavy atom. The van der Waals surface area contributed by atoms with Crippen molar-refractivity contribution in [2.24, 2.45) is 5.92 Å². The number of aliphatic hydroxyl groups is 1. The molecule has 1 aliphatic carbocycles. The monoisotopic (exact) mass is 155 g/mol. The van der Waals surface area contributed by atoms with E-state index >= 15 is 0 Å². The molecule has 1 N–H and O–H groups in total. The molecule has 2 nitrogen and oxygen atoms in total. The van der Waals surface area contributed by atoms with Crippen LogP contribution < -0.4 is 0 Å². The van der Waals surface area contributed by atoms with E-state index in [1.54, 1.807) is 0 Å². The molecule has 2 heteroatoms.